The van der Waals surface area contributed by atoms with Crippen LogP contribution in [-0.2, 0) is 0 Å². The summed E-state index contributed by atoms with van der Waals surface area (Å²) in [6.45, 7) is 6.37. The quantitative estimate of drug-likeness (QED) is 0.635. The lowest BCUT2D eigenvalue weighted by Gasteiger charge is -2.13. The van der Waals surface area contributed by atoms with Crippen molar-refractivity contribution in [2.24, 2.45) is 5.92 Å². The third-order valence-corrected chi connectivity index (χ3v) is 2.62. The summed E-state index contributed by atoms with van der Waals surface area (Å²) in [6, 6.07) is 0. The molecule has 2 unspecified atom stereocenters. The van der Waals surface area contributed by atoms with Crippen molar-refractivity contribution < 1.29 is 10.2 Å². The van der Waals surface area contributed by atoms with Crippen LogP contribution in [0.25, 0.3) is 0 Å². The Balaban J connectivity index is 3.32. The van der Waals surface area contributed by atoms with Crippen LogP contribution in [0.4, 0.5) is 0 Å². The first-order chi connectivity index (χ1) is 6.56. The zero-order chi connectivity index (χ0) is 11.0. The summed E-state index contributed by atoms with van der Waals surface area (Å²) in [4.78, 5) is 0. The molecule has 0 saturated heterocycles. The highest BCUT2D eigenvalue weighted by molar-refractivity contribution is 4.61. The van der Waals surface area contributed by atoms with Gasteiger partial charge in [-0.3, -0.25) is 0 Å². The lowest BCUT2D eigenvalue weighted by Crippen LogP contribution is -2.12. The van der Waals surface area contributed by atoms with Gasteiger partial charge < -0.3 is 10.2 Å². The van der Waals surface area contributed by atoms with Crippen LogP contribution in [0.15, 0.2) is 0 Å². The molecule has 0 aromatic carbocycles. The monoisotopic (exact) mass is 202 g/mol. The van der Waals surface area contributed by atoms with Crippen molar-refractivity contribution in [1.29, 1.82) is 0 Å². The highest BCUT2D eigenvalue weighted by Gasteiger charge is 2.07. The minimum absolute atomic E-state index is 0.213. The van der Waals surface area contributed by atoms with E-state index in [0.717, 1.165) is 38.0 Å². The number of rotatable bonds is 8. The van der Waals surface area contributed by atoms with Crippen molar-refractivity contribution in [2.45, 2.75) is 71.5 Å². The van der Waals surface area contributed by atoms with Gasteiger partial charge in [-0.1, -0.05) is 33.6 Å². The van der Waals surface area contributed by atoms with Crippen molar-refractivity contribution in [2.75, 3.05) is 0 Å². The van der Waals surface area contributed by atoms with Gasteiger partial charge in [0.25, 0.3) is 0 Å². The summed E-state index contributed by atoms with van der Waals surface area (Å²) >= 11 is 0. The van der Waals surface area contributed by atoms with Crippen molar-refractivity contribution in [3.63, 3.8) is 0 Å². The van der Waals surface area contributed by atoms with Gasteiger partial charge in [0.2, 0.25) is 0 Å². The number of aliphatic hydroxyl groups excluding tert-OH is 2. The zero-order valence-electron chi connectivity index (χ0n) is 9.87. The molecule has 2 nitrogen and oxygen atoms in total. The first kappa shape index (κ1) is 13.9. The molecule has 14 heavy (non-hydrogen) atoms. The van der Waals surface area contributed by atoms with Gasteiger partial charge in [0.15, 0.2) is 0 Å². The SMILES string of the molecule is CCC(O)CCC(O)CCCC(C)C. The van der Waals surface area contributed by atoms with Crippen LogP contribution in [0, 0.1) is 5.92 Å². The molecule has 0 radical (unpaired) electrons. The molecule has 2 atom stereocenters. The second-order valence-corrected chi connectivity index (χ2v) is 4.62. The van der Waals surface area contributed by atoms with Crippen LogP contribution in [0.5, 0.6) is 0 Å². The van der Waals surface area contributed by atoms with E-state index < -0.39 is 0 Å². The number of aliphatic hydroxyl groups is 2. The summed E-state index contributed by atoms with van der Waals surface area (Å²) in [6.07, 6.45) is 5.00. The van der Waals surface area contributed by atoms with Crippen LogP contribution >= 0.6 is 0 Å². The molecule has 0 aromatic heterocycles. The Kier molecular flexibility index (Phi) is 8.20. The van der Waals surface area contributed by atoms with Gasteiger partial charge >= 0.3 is 0 Å². The molecule has 0 rings (SSSR count). The highest BCUT2D eigenvalue weighted by Crippen LogP contribution is 2.12. The largest absolute Gasteiger partial charge is 0.393 e. The van der Waals surface area contributed by atoms with Crippen molar-refractivity contribution in [3.05, 3.63) is 0 Å². The van der Waals surface area contributed by atoms with E-state index in [1.807, 2.05) is 6.92 Å². The molecule has 0 amide bonds. The standard InChI is InChI=1S/C12H26O2/c1-4-11(13)8-9-12(14)7-5-6-10(2)3/h10-14H,4-9H2,1-3H3. The predicted octanol–water partition coefficient (Wildman–Crippen LogP) is 2.72. The molecule has 0 fully saturated rings. The maximum absolute atomic E-state index is 9.60. The summed E-state index contributed by atoms with van der Waals surface area (Å²) in [7, 11) is 0. The Morgan fingerprint density at radius 2 is 1.43 bits per heavy atom. The van der Waals surface area contributed by atoms with Crippen molar-refractivity contribution in [1.82, 2.24) is 0 Å². The average Bonchev–Trinajstić information content (AvgIpc) is 2.13. The van der Waals surface area contributed by atoms with E-state index >= 15 is 0 Å². The van der Waals surface area contributed by atoms with E-state index in [9.17, 15) is 10.2 Å². The fourth-order valence-electron chi connectivity index (χ4n) is 1.49. The molecule has 0 bridgehead atoms. The fraction of sp³-hybridized carbons (Fsp3) is 1.00. The molecule has 0 aromatic rings. The summed E-state index contributed by atoms with van der Waals surface area (Å²) < 4.78 is 0. The maximum Gasteiger partial charge on any atom is 0.0541 e. The third kappa shape index (κ3) is 8.52. The average molecular weight is 202 g/mol. The van der Waals surface area contributed by atoms with Crippen LogP contribution in [0.1, 0.15) is 59.3 Å². The second-order valence-electron chi connectivity index (χ2n) is 4.62. The van der Waals surface area contributed by atoms with Gasteiger partial charge in [-0.2, -0.15) is 0 Å². The molecule has 2 N–H and O–H groups in total. The van der Waals surface area contributed by atoms with Crippen molar-refractivity contribution >= 4 is 0 Å². The lowest BCUT2D eigenvalue weighted by atomic mass is 10.0. The van der Waals surface area contributed by atoms with Crippen LogP contribution in [0.2, 0.25) is 0 Å². The van der Waals surface area contributed by atoms with Crippen LogP contribution < -0.4 is 0 Å². The van der Waals surface area contributed by atoms with Gasteiger partial charge in [-0.15, -0.1) is 0 Å². The molecule has 0 aliphatic rings. The van der Waals surface area contributed by atoms with E-state index in [1.54, 1.807) is 0 Å². The second kappa shape index (κ2) is 8.25. The Morgan fingerprint density at radius 3 is 1.93 bits per heavy atom. The molecule has 0 spiro atoms. The molecule has 2 heteroatoms. The van der Waals surface area contributed by atoms with Gasteiger partial charge in [-0.05, 0) is 31.6 Å². The van der Waals surface area contributed by atoms with Gasteiger partial charge in [-0.25, -0.2) is 0 Å². The number of hydrogen-bond donors (Lipinski definition) is 2. The number of hydrogen-bond acceptors (Lipinski definition) is 2. The normalized spacial score (nSPS) is 15.9. The smallest absolute Gasteiger partial charge is 0.0541 e. The van der Waals surface area contributed by atoms with Gasteiger partial charge in [0, 0.05) is 0 Å². The fourth-order valence-corrected chi connectivity index (χ4v) is 1.49. The first-order valence-corrected chi connectivity index (χ1v) is 5.92. The predicted molar refractivity (Wildman–Crippen MR) is 60.2 cm³/mol. The molecule has 0 heterocycles. The van der Waals surface area contributed by atoms with E-state index in [1.165, 1.54) is 6.42 Å². The minimum Gasteiger partial charge on any atom is -0.393 e. The molecular weight excluding hydrogens is 176 g/mol. The summed E-state index contributed by atoms with van der Waals surface area (Å²) in [5.74, 6) is 0.725. The lowest BCUT2D eigenvalue weighted by molar-refractivity contribution is 0.105. The Hall–Kier alpha value is -0.0800. The van der Waals surface area contributed by atoms with Crippen molar-refractivity contribution in [3.8, 4) is 0 Å². The van der Waals surface area contributed by atoms with Crippen LogP contribution in [-0.4, -0.2) is 22.4 Å². The molecule has 0 saturated carbocycles. The zero-order valence-corrected chi connectivity index (χ0v) is 9.87. The molecule has 86 valence electrons. The van der Waals surface area contributed by atoms with Gasteiger partial charge in [0.05, 0.1) is 12.2 Å². The molecule has 0 aliphatic carbocycles. The van der Waals surface area contributed by atoms with E-state index in [-0.39, 0.29) is 12.2 Å². The van der Waals surface area contributed by atoms with E-state index in [0.29, 0.717) is 0 Å². The summed E-state index contributed by atoms with van der Waals surface area (Å²) in [5.41, 5.74) is 0. The first-order valence-electron chi connectivity index (χ1n) is 5.92. The topological polar surface area (TPSA) is 40.5 Å². The maximum atomic E-state index is 9.60. The molecular formula is C12H26O2. The Morgan fingerprint density at radius 1 is 0.857 bits per heavy atom. The van der Waals surface area contributed by atoms with Gasteiger partial charge in [0.1, 0.15) is 0 Å². The third-order valence-electron chi connectivity index (χ3n) is 2.62. The van der Waals surface area contributed by atoms with E-state index in [4.69, 9.17) is 0 Å². The Labute approximate surface area is 88.3 Å². The Bertz CT molecular complexity index is 123. The highest BCUT2D eigenvalue weighted by atomic mass is 16.3. The summed E-state index contributed by atoms with van der Waals surface area (Å²) in [5, 5.41) is 18.9. The minimum atomic E-state index is -0.227. The van der Waals surface area contributed by atoms with E-state index in [2.05, 4.69) is 13.8 Å². The van der Waals surface area contributed by atoms with Crippen LogP contribution in [0.3, 0.4) is 0 Å². The molecule has 0 aliphatic heterocycles.